The lowest BCUT2D eigenvalue weighted by atomic mass is 9.89. The van der Waals surface area contributed by atoms with Crippen LogP contribution in [0, 0.1) is 5.92 Å². The molecular formula is C14H20ClN3O. The lowest BCUT2D eigenvalue weighted by Gasteiger charge is -2.27. The molecule has 19 heavy (non-hydrogen) atoms. The Morgan fingerprint density at radius 1 is 1.47 bits per heavy atom. The Morgan fingerprint density at radius 2 is 2.16 bits per heavy atom. The highest BCUT2D eigenvalue weighted by atomic mass is 35.5. The molecule has 1 amide bonds. The molecule has 1 heterocycles. The molecule has 1 aromatic rings. The van der Waals surface area contributed by atoms with Crippen molar-refractivity contribution in [2.45, 2.75) is 32.1 Å². The minimum atomic E-state index is -0.102. The van der Waals surface area contributed by atoms with Crippen molar-refractivity contribution in [3.8, 4) is 0 Å². The van der Waals surface area contributed by atoms with Crippen LogP contribution in [0.2, 0.25) is 5.15 Å². The SMILES string of the molecule is CN(CC1CCCCC1)C(=O)c1cc(N)cnc1Cl. The van der Waals surface area contributed by atoms with E-state index in [0.717, 1.165) is 6.54 Å². The van der Waals surface area contributed by atoms with Crippen molar-refractivity contribution in [2.24, 2.45) is 5.92 Å². The first kappa shape index (κ1) is 14.1. The molecule has 1 fully saturated rings. The zero-order valence-corrected chi connectivity index (χ0v) is 12.0. The Hall–Kier alpha value is -1.29. The number of nitrogen functional groups attached to an aromatic ring is 1. The van der Waals surface area contributed by atoms with Gasteiger partial charge in [-0.05, 0) is 24.8 Å². The lowest BCUT2D eigenvalue weighted by Crippen LogP contribution is -2.33. The lowest BCUT2D eigenvalue weighted by molar-refractivity contribution is 0.0760. The van der Waals surface area contributed by atoms with E-state index in [4.69, 9.17) is 17.3 Å². The van der Waals surface area contributed by atoms with Gasteiger partial charge in [0, 0.05) is 13.6 Å². The number of hydrogen-bond acceptors (Lipinski definition) is 3. The second kappa shape index (κ2) is 6.24. The van der Waals surface area contributed by atoms with Crippen molar-refractivity contribution in [3.05, 3.63) is 23.0 Å². The standard InChI is InChI=1S/C14H20ClN3O/c1-18(9-10-5-3-2-4-6-10)14(19)12-7-11(16)8-17-13(12)15/h7-8,10H,2-6,9,16H2,1H3. The van der Waals surface area contributed by atoms with E-state index in [0.29, 0.717) is 17.2 Å². The molecule has 2 rings (SSSR count). The molecule has 0 radical (unpaired) electrons. The minimum Gasteiger partial charge on any atom is -0.397 e. The molecule has 0 atom stereocenters. The van der Waals surface area contributed by atoms with Gasteiger partial charge in [-0.15, -0.1) is 0 Å². The van der Waals surface area contributed by atoms with Crippen LogP contribution in [-0.4, -0.2) is 29.4 Å². The number of nitrogens with two attached hydrogens (primary N) is 1. The van der Waals surface area contributed by atoms with Crippen LogP contribution >= 0.6 is 11.6 Å². The molecule has 1 aliphatic carbocycles. The van der Waals surface area contributed by atoms with Gasteiger partial charge in [0.05, 0.1) is 17.4 Å². The molecule has 0 aliphatic heterocycles. The van der Waals surface area contributed by atoms with Crippen LogP contribution in [0.4, 0.5) is 5.69 Å². The maximum absolute atomic E-state index is 12.3. The first-order valence-corrected chi connectivity index (χ1v) is 7.12. The van der Waals surface area contributed by atoms with Gasteiger partial charge in [-0.3, -0.25) is 4.79 Å². The van der Waals surface area contributed by atoms with Gasteiger partial charge in [-0.25, -0.2) is 4.98 Å². The van der Waals surface area contributed by atoms with Crippen LogP contribution < -0.4 is 5.73 Å². The Labute approximate surface area is 118 Å². The fraction of sp³-hybridized carbons (Fsp3) is 0.571. The van der Waals surface area contributed by atoms with E-state index < -0.39 is 0 Å². The number of pyridine rings is 1. The predicted octanol–water partition coefficient (Wildman–Crippen LogP) is 2.97. The van der Waals surface area contributed by atoms with Crippen LogP contribution in [0.1, 0.15) is 42.5 Å². The molecule has 2 N–H and O–H groups in total. The molecule has 1 saturated carbocycles. The number of hydrogen-bond donors (Lipinski definition) is 1. The number of carbonyl (C=O) groups excluding carboxylic acids is 1. The number of halogens is 1. The van der Waals surface area contributed by atoms with Gasteiger partial charge in [0.25, 0.3) is 5.91 Å². The van der Waals surface area contributed by atoms with E-state index in [9.17, 15) is 4.79 Å². The van der Waals surface area contributed by atoms with E-state index in [1.54, 1.807) is 11.0 Å². The van der Waals surface area contributed by atoms with Crippen molar-refractivity contribution in [1.82, 2.24) is 9.88 Å². The van der Waals surface area contributed by atoms with Crippen molar-refractivity contribution in [3.63, 3.8) is 0 Å². The van der Waals surface area contributed by atoms with E-state index in [1.807, 2.05) is 7.05 Å². The maximum Gasteiger partial charge on any atom is 0.256 e. The summed E-state index contributed by atoms with van der Waals surface area (Å²) in [5, 5.41) is 0.217. The Kier molecular flexibility index (Phi) is 4.64. The highest BCUT2D eigenvalue weighted by Gasteiger charge is 2.21. The summed E-state index contributed by atoms with van der Waals surface area (Å²) in [5.74, 6) is 0.505. The van der Waals surface area contributed by atoms with Crippen LogP contribution in [0.15, 0.2) is 12.3 Å². The number of amides is 1. The third-order valence-electron chi connectivity index (χ3n) is 3.69. The summed E-state index contributed by atoms with van der Waals surface area (Å²) in [4.78, 5) is 18.0. The third-order valence-corrected chi connectivity index (χ3v) is 4.00. The molecular weight excluding hydrogens is 262 g/mol. The van der Waals surface area contributed by atoms with E-state index in [-0.39, 0.29) is 11.1 Å². The summed E-state index contributed by atoms with van der Waals surface area (Å²) in [5.41, 5.74) is 6.50. The molecule has 0 unspecified atom stereocenters. The first-order valence-electron chi connectivity index (χ1n) is 6.74. The maximum atomic E-state index is 12.3. The molecule has 1 aromatic heterocycles. The summed E-state index contributed by atoms with van der Waals surface area (Å²) in [6, 6.07) is 1.59. The Morgan fingerprint density at radius 3 is 2.84 bits per heavy atom. The largest absolute Gasteiger partial charge is 0.397 e. The van der Waals surface area contributed by atoms with Gasteiger partial charge in [0.2, 0.25) is 0 Å². The topological polar surface area (TPSA) is 59.2 Å². The van der Waals surface area contributed by atoms with Gasteiger partial charge in [0.1, 0.15) is 5.15 Å². The molecule has 104 valence electrons. The van der Waals surface area contributed by atoms with E-state index >= 15 is 0 Å². The van der Waals surface area contributed by atoms with Crippen molar-refractivity contribution >= 4 is 23.2 Å². The van der Waals surface area contributed by atoms with Gasteiger partial charge >= 0.3 is 0 Å². The number of nitrogens with zero attached hydrogens (tertiary/aromatic N) is 2. The van der Waals surface area contributed by atoms with Crippen LogP contribution in [0.5, 0.6) is 0 Å². The Bertz CT molecular complexity index is 458. The molecule has 1 aliphatic rings. The summed E-state index contributed by atoms with van der Waals surface area (Å²) >= 11 is 5.96. The van der Waals surface area contributed by atoms with E-state index in [2.05, 4.69) is 4.98 Å². The normalized spacial score (nSPS) is 16.3. The average molecular weight is 282 g/mol. The first-order chi connectivity index (χ1) is 9.08. The molecule has 0 bridgehead atoms. The van der Waals surface area contributed by atoms with Gasteiger partial charge in [-0.1, -0.05) is 30.9 Å². The van der Waals surface area contributed by atoms with Crippen molar-refractivity contribution in [1.29, 1.82) is 0 Å². The van der Waals surface area contributed by atoms with Gasteiger partial charge in [-0.2, -0.15) is 0 Å². The predicted molar refractivity (Wildman–Crippen MR) is 77.2 cm³/mol. The van der Waals surface area contributed by atoms with Crippen LogP contribution in [0.25, 0.3) is 0 Å². The fourth-order valence-electron chi connectivity index (χ4n) is 2.66. The van der Waals surface area contributed by atoms with Gasteiger partial charge in [0.15, 0.2) is 0 Å². The van der Waals surface area contributed by atoms with Gasteiger partial charge < -0.3 is 10.6 Å². The van der Waals surface area contributed by atoms with Crippen LogP contribution in [0.3, 0.4) is 0 Å². The molecule has 0 spiro atoms. The van der Waals surface area contributed by atoms with E-state index in [1.165, 1.54) is 38.3 Å². The molecule has 5 heteroatoms. The summed E-state index contributed by atoms with van der Waals surface area (Å²) < 4.78 is 0. The molecule has 4 nitrogen and oxygen atoms in total. The highest BCUT2D eigenvalue weighted by Crippen LogP contribution is 2.25. The number of aromatic nitrogens is 1. The van der Waals surface area contributed by atoms with Crippen molar-refractivity contribution < 1.29 is 4.79 Å². The second-order valence-corrected chi connectivity index (χ2v) is 5.65. The second-order valence-electron chi connectivity index (χ2n) is 5.30. The fourth-order valence-corrected chi connectivity index (χ4v) is 2.84. The molecule has 0 aromatic carbocycles. The summed E-state index contributed by atoms with van der Waals surface area (Å²) in [6.45, 7) is 0.782. The zero-order chi connectivity index (χ0) is 13.8. The highest BCUT2D eigenvalue weighted by molar-refractivity contribution is 6.32. The Balaban J connectivity index is 2.03. The number of carbonyl (C=O) groups is 1. The average Bonchev–Trinajstić information content (AvgIpc) is 2.42. The smallest absolute Gasteiger partial charge is 0.256 e. The quantitative estimate of drug-likeness (QED) is 0.867. The molecule has 0 saturated heterocycles. The summed E-state index contributed by atoms with van der Waals surface area (Å²) in [7, 11) is 1.82. The van der Waals surface area contributed by atoms with Crippen LogP contribution in [-0.2, 0) is 0 Å². The number of rotatable bonds is 3. The number of anilines is 1. The minimum absolute atomic E-state index is 0.102. The third kappa shape index (κ3) is 3.60. The van der Waals surface area contributed by atoms with Crippen molar-refractivity contribution in [2.75, 3.05) is 19.3 Å². The summed E-state index contributed by atoms with van der Waals surface area (Å²) in [6.07, 6.45) is 7.74. The zero-order valence-electron chi connectivity index (χ0n) is 11.2. The monoisotopic (exact) mass is 281 g/mol.